The highest BCUT2D eigenvalue weighted by Gasteiger charge is 2.12. The lowest BCUT2D eigenvalue weighted by Gasteiger charge is -2.18. The van der Waals surface area contributed by atoms with Crippen molar-refractivity contribution >= 4 is 33.3 Å². The molecular formula is C8H8BrClF2N2. The number of alkyl halides is 2. The molecule has 0 amide bonds. The molecule has 0 aliphatic carbocycles. The maximum absolute atomic E-state index is 12.1. The summed E-state index contributed by atoms with van der Waals surface area (Å²) in [5.74, 6) is 0.357. The summed E-state index contributed by atoms with van der Waals surface area (Å²) in [5, 5.41) is 0.350. The van der Waals surface area contributed by atoms with Gasteiger partial charge >= 0.3 is 0 Å². The van der Waals surface area contributed by atoms with Gasteiger partial charge in [0.25, 0.3) is 6.43 Å². The molecule has 0 saturated heterocycles. The van der Waals surface area contributed by atoms with Crippen LogP contribution in [-0.4, -0.2) is 25.0 Å². The first-order valence-corrected chi connectivity index (χ1v) is 4.98. The SMILES string of the molecule is CN(CC(F)F)c1ncc(Br)cc1Cl. The number of halogens is 4. The Bertz CT molecular complexity index is 322. The molecule has 0 N–H and O–H groups in total. The third-order valence-electron chi connectivity index (χ3n) is 1.56. The number of nitrogens with zero attached hydrogens (tertiary/aromatic N) is 2. The monoisotopic (exact) mass is 284 g/mol. The lowest BCUT2D eigenvalue weighted by Crippen LogP contribution is -2.25. The van der Waals surface area contributed by atoms with Crippen LogP contribution in [0.1, 0.15) is 0 Å². The predicted octanol–water partition coefficient (Wildman–Crippen LogP) is 3.20. The van der Waals surface area contributed by atoms with E-state index in [0.717, 1.165) is 4.47 Å². The van der Waals surface area contributed by atoms with Crippen LogP contribution in [0.4, 0.5) is 14.6 Å². The second-order valence-corrected chi connectivity index (χ2v) is 4.05. The van der Waals surface area contributed by atoms with Gasteiger partial charge in [0.2, 0.25) is 0 Å². The van der Waals surface area contributed by atoms with E-state index >= 15 is 0 Å². The van der Waals surface area contributed by atoms with E-state index in [-0.39, 0.29) is 6.54 Å². The van der Waals surface area contributed by atoms with E-state index in [2.05, 4.69) is 20.9 Å². The number of pyridine rings is 1. The lowest BCUT2D eigenvalue weighted by molar-refractivity contribution is 0.156. The van der Waals surface area contributed by atoms with Gasteiger partial charge in [0.05, 0.1) is 11.6 Å². The molecule has 1 heterocycles. The molecule has 1 aromatic rings. The topological polar surface area (TPSA) is 16.1 Å². The van der Waals surface area contributed by atoms with Crippen LogP contribution < -0.4 is 4.90 Å². The highest BCUT2D eigenvalue weighted by molar-refractivity contribution is 9.10. The smallest absolute Gasteiger partial charge is 0.255 e. The minimum atomic E-state index is -2.40. The van der Waals surface area contributed by atoms with E-state index in [1.165, 1.54) is 18.1 Å². The Kier molecular flexibility index (Phi) is 4.07. The fourth-order valence-electron chi connectivity index (χ4n) is 0.982. The van der Waals surface area contributed by atoms with Crippen molar-refractivity contribution in [2.75, 3.05) is 18.5 Å². The van der Waals surface area contributed by atoms with Gasteiger partial charge in [-0.2, -0.15) is 0 Å². The van der Waals surface area contributed by atoms with Crippen molar-refractivity contribution in [1.29, 1.82) is 0 Å². The lowest BCUT2D eigenvalue weighted by atomic mass is 10.4. The minimum Gasteiger partial charge on any atom is -0.353 e. The zero-order valence-corrected chi connectivity index (χ0v) is 9.69. The summed E-state index contributed by atoms with van der Waals surface area (Å²) in [6.07, 6.45) is -0.884. The van der Waals surface area contributed by atoms with Crippen LogP contribution >= 0.6 is 27.5 Å². The number of aromatic nitrogens is 1. The summed E-state index contributed by atoms with van der Waals surface area (Å²) < 4.78 is 24.8. The van der Waals surface area contributed by atoms with E-state index in [1.54, 1.807) is 6.07 Å². The van der Waals surface area contributed by atoms with Crippen molar-refractivity contribution in [3.05, 3.63) is 21.8 Å². The Morgan fingerprint density at radius 3 is 2.79 bits per heavy atom. The van der Waals surface area contributed by atoms with Gasteiger partial charge in [-0.1, -0.05) is 11.6 Å². The largest absolute Gasteiger partial charge is 0.353 e. The molecule has 0 aliphatic rings. The summed E-state index contributed by atoms with van der Waals surface area (Å²) in [5.41, 5.74) is 0. The second kappa shape index (κ2) is 4.89. The normalized spacial score (nSPS) is 10.7. The van der Waals surface area contributed by atoms with E-state index < -0.39 is 6.43 Å². The quantitative estimate of drug-likeness (QED) is 0.848. The van der Waals surface area contributed by atoms with Crippen molar-refractivity contribution in [3.63, 3.8) is 0 Å². The Morgan fingerprint density at radius 2 is 2.29 bits per heavy atom. The van der Waals surface area contributed by atoms with Crippen molar-refractivity contribution in [3.8, 4) is 0 Å². The van der Waals surface area contributed by atoms with E-state index in [0.29, 0.717) is 10.8 Å². The molecule has 14 heavy (non-hydrogen) atoms. The van der Waals surface area contributed by atoms with Crippen molar-refractivity contribution in [2.24, 2.45) is 0 Å². The fourth-order valence-corrected chi connectivity index (χ4v) is 1.76. The molecule has 0 aliphatic heterocycles. The Morgan fingerprint density at radius 1 is 1.64 bits per heavy atom. The molecule has 0 atom stereocenters. The Labute approximate surface area is 94.0 Å². The maximum Gasteiger partial charge on any atom is 0.255 e. The predicted molar refractivity (Wildman–Crippen MR) is 56.2 cm³/mol. The third kappa shape index (κ3) is 3.06. The maximum atomic E-state index is 12.1. The van der Waals surface area contributed by atoms with Crippen LogP contribution in [0, 0.1) is 0 Å². The highest BCUT2D eigenvalue weighted by Crippen LogP contribution is 2.25. The van der Waals surface area contributed by atoms with Gasteiger partial charge in [-0.05, 0) is 22.0 Å². The van der Waals surface area contributed by atoms with Crippen molar-refractivity contribution in [1.82, 2.24) is 4.98 Å². The van der Waals surface area contributed by atoms with Gasteiger partial charge in [0.1, 0.15) is 5.82 Å². The van der Waals surface area contributed by atoms with E-state index in [9.17, 15) is 8.78 Å². The van der Waals surface area contributed by atoms with Gasteiger partial charge in [-0.15, -0.1) is 0 Å². The molecule has 2 nitrogen and oxygen atoms in total. The van der Waals surface area contributed by atoms with Crippen LogP contribution in [0.15, 0.2) is 16.7 Å². The molecule has 0 spiro atoms. The zero-order valence-electron chi connectivity index (χ0n) is 7.35. The standard InChI is InChI=1S/C8H8BrClF2N2/c1-14(4-7(11)12)8-6(10)2-5(9)3-13-8/h2-3,7H,4H2,1H3. The molecule has 0 radical (unpaired) electrons. The summed E-state index contributed by atoms with van der Waals surface area (Å²) in [7, 11) is 1.52. The molecule has 0 unspecified atom stereocenters. The van der Waals surface area contributed by atoms with Crippen molar-refractivity contribution in [2.45, 2.75) is 6.43 Å². The molecule has 1 aromatic heterocycles. The number of rotatable bonds is 3. The van der Waals surface area contributed by atoms with Crippen LogP contribution in [0.25, 0.3) is 0 Å². The van der Waals surface area contributed by atoms with E-state index in [4.69, 9.17) is 11.6 Å². The van der Waals surface area contributed by atoms with Gasteiger partial charge in [-0.3, -0.25) is 0 Å². The molecule has 0 saturated carbocycles. The van der Waals surface area contributed by atoms with Gasteiger partial charge in [0, 0.05) is 17.7 Å². The Hall–Kier alpha value is -0.420. The first-order valence-electron chi connectivity index (χ1n) is 3.81. The minimum absolute atomic E-state index is 0.350. The summed E-state index contributed by atoms with van der Waals surface area (Å²) >= 11 is 9.01. The Balaban J connectivity index is 2.84. The molecule has 78 valence electrons. The van der Waals surface area contributed by atoms with Gasteiger partial charge in [0.15, 0.2) is 0 Å². The van der Waals surface area contributed by atoms with Crippen LogP contribution in [0.2, 0.25) is 5.02 Å². The molecular weight excluding hydrogens is 277 g/mol. The summed E-state index contributed by atoms with van der Waals surface area (Å²) in [6.45, 7) is -0.381. The van der Waals surface area contributed by atoms with Crippen LogP contribution in [0.5, 0.6) is 0 Å². The average molecular weight is 286 g/mol. The van der Waals surface area contributed by atoms with Crippen LogP contribution in [0.3, 0.4) is 0 Å². The molecule has 0 bridgehead atoms. The second-order valence-electron chi connectivity index (χ2n) is 2.73. The summed E-state index contributed by atoms with van der Waals surface area (Å²) in [4.78, 5) is 5.26. The van der Waals surface area contributed by atoms with Gasteiger partial charge < -0.3 is 4.90 Å². The zero-order chi connectivity index (χ0) is 10.7. The molecule has 0 aromatic carbocycles. The number of hydrogen-bond acceptors (Lipinski definition) is 2. The molecule has 0 fully saturated rings. The molecule has 6 heteroatoms. The first-order chi connectivity index (χ1) is 6.50. The van der Waals surface area contributed by atoms with Crippen molar-refractivity contribution < 1.29 is 8.78 Å². The third-order valence-corrected chi connectivity index (χ3v) is 2.27. The van der Waals surface area contributed by atoms with E-state index in [1.807, 2.05) is 0 Å². The highest BCUT2D eigenvalue weighted by atomic mass is 79.9. The molecule has 1 rings (SSSR count). The fraction of sp³-hybridized carbons (Fsp3) is 0.375. The summed E-state index contributed by atoms with van der Waals surface area (Å²) in [6, 6.07) is 1.62. The van der Waals surface area contributed by atoms with Crippen LogP contribution in [-0.2, 0) is 0 Å². The van der Waals surface area contributed by atoms with Gasteiger partial charge in [-0.25, -0.2) is 13.8 Å². The number of hydrogen-bond donors (Lipinski definition) is 0. The average Bonchev–Trinajstić information content (AvgIpc) is 2.01. The first kappa shape index (κ1) is 11.7. The number of anilines is 1.